The Bertz CT molecular complexity index is 473. The van der Waals surface area contributed by atoms with Crippen molar-refractivity contribution in [3.05, 3.63) is 17.0 Å². The summed E-state index contributed by atoms with van der Waals surface area (Å²) >= 11 is 1.32. The summed E-state index contributed by atoms with van der Waals surface area (Å²) in [7, 11) is -1.24. The summed E-state index contributed by atoms with van der Waals surface area (Å²) in [4.78, 5) is 3.24. The van der Waals surface area contributed by atoms with Crippen molar-refractivity contribution in [2.75, 3.05) is 20.1 Å². The predicted molar refractivity (Wildman–Crippen MR) is 69.9 cm³/mol. The van der Waals surface area contributed by atoms with Crippen molar-refractivity contribution < 1.29 is 8.42 Å². The van der Waals surface area contributed by atoms with Crippen LogP contribution in [0.1, 0.15) is 17.7 Å². The molecule has 2 rings (SSSR count). The van der Waals surface area contributed by atoms with Crippen molar-refractivity contribution in [2.24, 2.45) is 0 Å². The Labute approximate surface area is 107 Å². The van der Waals surface area contributed by atoms with E-state index in [0.29, 0.717) is 4.21 Å². The number of rotatable bonds is 3. The van der Waals surface area contributed by atoms with E-state index >= 15 is 0 Å². The van der Waals surface area contributed by atoms with Crippen LogP contribution in [0.15, 0.2) is 16.3 Å². The van der Waals surface area contributed by atoms with Crippen LogP contribution in [-0.4, -0.2) is 39.5 Å². The molecule has 1 saturated heterocycles. The molecule has 0 unspecified atom stereocenters. The molecule has 1 aromatic rings. The number of piperidine rings is 1. The molecule has 1 aliphatic heterocycles. The molecule has 96 valence electrons. The Balaban J connectivity index is 2.03. The van der Waals surface area contributed by atoms with E-state index in [-0.39, 0.29) is 6.04 Å². The van der Waals surface area contributed by atoms with Crippen molar-refractivity contribution in [2.45, 2.75) is 30.0 Å². The molecule has 0 atom stereocenters. The molecule has 0 radical (unpaired) electrons. The first kappa shape index (κ1) is 13.0. The highest BCUT2D eigenvalue weighted by Gasteiger charge is 2.24. The minimum Gasteiger partial charge on any atom is -0.306 e. The first-order valence-electron chi connectivity index (χ1n) is 5.75. The van der Waals surface area contributed by atoms with Crippen LogP contribution in [0, 0.1) is 6.92 Å². The lowest BCUT2D eigenvalue weighted by molar-refractivity contribution is 0.248. The summed E-state index contributed by atoms with van der Waals surface area (Å²) < 4.78 is 27.4. The third-order valence-electron chi connectivity index (χ3n) is 3.02. The number of nitrogens with one attached hydrogen (secondary N) is 1. The zero-order valence-corrected chi connectivity index (χ0v) is 11.8. The molecule has 0 saturated carbocycles. The molecular weight excluding hydrogens is 256 g/mol. The van der Waals surface area contributed by atoms with Crippen LogP contribution in [-0.2, 0) is 10.0 Å². The quantitative estimate of drug-likeness (QED) is 0.907. The lowest BCUT2D eigenvalue weighted by Crippen LogP contribution is -2.43. The summed E-state index contributed by atoms with van der Waals surface area (Å²) in [6.07, 6.45) is 1.78. The van der Waals surface area contributed by atoms with Crippen LogP contribution in [0.4, 0.5) is 0 Å². The largest absolute Gasteiger partial charge is 0.306 e. The molecule has 1 aromatic heterocycles. The molecule has 1 aliphatic rings. The van der Waals surface area contributed by atoms with Gasteiger partial charge in [-0.1, -0.05) is 0 Å². The van der Waals surface area contributed by atoms with Crippen LogP contribution in [0.5, 0.6) is 0 Å². The third-order valence-corrected chi connectivity index (χ3v) is 6.03. The fourth-order valence-electron chi connectivity index (χ4n) is 1.96. The topological polar surface area (TPSA) is 49.4 Å². The van der Waals surface area contributed by atoms with Gasteiger partial charge in [-0.25, -0.2) is 13.1 Å². The lowest BCUT2D eigenvalue weighted by Gasteiger charge is -2.29. The van der Waals surface area contributed by atoms with Crippen LogP contribution in [0.3, 0.4) is 0 Å². The lowest BCUT2D eigenvalue weighted by atomic mass is 10.1. The van der Waals surface area contributed by atoms with Crippen molar-refractivity contribution in [1.82, 2.24) is 9.62 Å². The minimum absolute atomic E-state index is 0.0820. The first-order valence-corrected chi connectivity index (χ1v) is 8.05. The first-order chi connectivity index (χ1) is 7.97. The van der Waals surface area contributed by atoms with Crippen LogP contribution in [0.25, 0.3) is 0 Å². The van der Waals surface area contributed by atoms with E-state index < -0.39 is 10.0 Å². The van der Waals surface area contributed by atoms with Crippen LogP contribution >= 0.6 is 11.3 Å². The Kier molecular flexibility index (Phi) is 3.87. The van der Waals surface area contributed by atoms with Gasteiger partial charge >= 0.3 is 0 Å². The molecule has 1 N–H and O–H groups in total. The Hall–Kier alpha value is -0.430. The smallest absolute Gasteiger partial charge is 0.250 e. The molecule has 17 heavy (non-hydrogen) atoms. The normalized spacial score (nSPS) is 19.6. The number of thiophene rings is 1. The molecule has 0 aliphatic carbocycles. The van der Waals surface area contributed by atoms with E-state index in [0.717, 1.165) is 30.8 Å². The molecule has 0 aromatic carbocycles. The Morgan fingerprint density at radius 1 is 1.35 bits per heavy atom. The van der Waals surface area contributed by atoms with Crippen LogP contribution < -0.4 is 4.72 Å². The number of hydrogen-bond acceptors (Lipinski definition) is 4. The second-order valence-corrected chi connectivity index (χ2v) is 7.79. The number of sulfonamides is 1. The van der Waals surface area contributed by atoms with Gasteiger partial charge in [-0.05, 0) is 52.0 Å². The standard InChI is InChI=1S/C11H18N2O2S2/c1-9-3-4-11(16-9)17(14,15)12-10-5-7-13(2)8-6-10/h3-4,10,12H,5-8H2,1-2H3. The van der Waals surface area contributed by atoms with E-state index in [1.165, 1.54) is 11.3 Å². The number of hydrogen-bond donors (Lipinski definition) is 1. The van der Waals surface area contributed by atoms with Gasteiger partial charge in [0.05, 0.1) is 0 Å². The summed E-state index contributed by atoms with van der Waals surface area (Å²) in [5.41, 5.74) is 0. The summed E-state index contributed by atoms with van der Waals surface area (Å²) in [5.74, 6) is 0. The van der Waals surface area contributed by atoms with Crippen molar-refractivity contribution >= 4 is 21.4 Å². The summed E-state index contributed by atoms with van der Waals surface area (Å²) in [6, 6.07) is 3.60. The zero-order chi connectivity index (χ0) is 12.5. The fourth-order valence-corrected chi connectivity index (χ4v) is 4.57. The van der Waals surface area contributed by atoms with E-state index in [9.17, 15) is 8.42 Å². The highest BCUT2D eigenvalue weighted by molar-refractivity contribution is 7.91. The molecule has 4 nitrogen and oxygen atoms in total. The molecule has 0 amide bonds. The van der Waals surface area contributed by atoms with Gasteiger partial charge in [0.15, 0.2) is 0 Å². The van der Waals surface area contributed by atoms with Gasteiger partial charge < -0.3 is 4.90 Å². The molecule has 2 heterocycles. The maximum absolute atomic E-state index is 12.1. The highest BCUT2D eigenvalue weighted by Crippen LogP contribution is 2.21. The zero-order valence-electron chi connectivity index (χ0n) is 10.1. The van der Waals surface area contributed by atoms with E-state index in [1.807, 2.05) is 13.0 Å². The van der Waals surface area contributed by atoms with Gasteiger partial charge in [0.1, 0.15) is 4.21 Å². The second-order valence-electron chi connectivity index (χ2n) is 4.56. The van der Waals surface area contributed by atoms with E-state index in [1.54, 1.807) is 6.07 Å². The third kappa shape index (κ3) is 3.28. The Morgan fingerprint density at radius 3 is 2.53 bits per heavy atom. The van der Waals surface area contributed by atoms with Gasteiger partial charge in [0.25, 0.3) is 0 Å². The summed E-state index contributed by atoms with van der Waals surface area (Å²) in [5, 5.41) is 0. The number of nitrogens with zero attached hydrogens (tertiary/aromatic N) is 1. The molecular formula is C11H18N2O2S2. The predicted octanol–water partition coefficient (Wildman–Crippen LogP) is 1.43. The highest BCUT2D eigenvalue weighted by atomic mass is 32.2. The van der Waals surface area contributed by atoms with Crippen LogP contribution in [0.2, 0.25) is 0 Å². The molecule has 6 heteroatoms. The van der Waals surface area contributed by atoms with Gasteiger partial charge in [-0.3, -0.25) is 0 Å². The maximum atomic E-state index is 12.1. The number of aryl methyl sites for hydroxylation is 1. The van der Waals surface area contributed by atoms with E-state index in [4.69, 9.17) is 0 Å². The van der Waals surface area contributed by atoms with Crippen molar-refractivity contribution in [1.29, 1.82) is 0 Å². The van der Waals surface area contributed by atoms with Gasteiger partial charge in [-0.15, -0.1) is 11.3 Å². The Morgan fingerprint density at radius 2 is 2.00 bits per heavy atom. The van der Waals surface area contributed by atoms with Crippen molar-refractivity contribution in [3.8, 4) is 0 Å². The summed E-state index contributed by atoms with van der Waals surface area (Å²) in [6.45, 7) is 3.83. The van der Waals surface area contributed by atoms with Gasteiger partial charge in [0.2, 0.25) is 10.0 Å². The molecule has 0 bridgehead atoms. The van der Waals surface area contributed by atoms with Gasteiger partial charge in [0, 0.05) is 10.9 Å². The van der Waals surface area contributed by atoms with Crippen molar-refractivity contribution in [3.63, 3.8) is 0 Å². The van der Waals surface area contributed by atoms with Gasteiger partial charge in [-0.2, -0.15) is 0 Å². The number of likely N-dealkylation sites (tertiary alicyclic amines) is 1. The second kappa shape index (κ2) is 5.06. The monoisotopic (exact) mass is 274 g/mol. The minimum atomic E-state index is -3.31. The fraction of sp³-hybridized carbons (Fsp3) is 0.636. The maximum Gasteiger partial charge on any atom is 0.250 e. The average molecular weight is 274 g/mol. The SMILES string of the molecule is Cc1ccc(S(=O)(=O)NC2CCN(C)CC2)s1. The van der Waals surface area contributed by atoms with E-state index in [2.05, 4.69) is 16.7 Å². The molecule has 1 fully saturated rings. The molecule has 0 spiro atoms. The average Bonchev–Trinajstić information content (AvgIpc) is 2.69.